The van der Waals surface area contributed by atoms with Crippen molar-refractivity contribution < 1.29 is 18.8 Å². The number of furan rings is 1. The normalized spacial score (nSPS) is 15.8. The van der Waals surface area contributed by atoms with Crippen LogP contribution in [0.25, 0.3) is 17.0 Å². The summed E-state index contributed by atoms with van der Waals surface area (Å²) < 4.78 is 5.63. The predicted molar refractivity (Wildman–Crippen MR) is 110 cm³/mol. The Balaban J connectivity index is 1.39. The average molecular weight is 412 g/mol. The quantitative estimate of drug-likeness (QED) is 0.633. The molecular weight excluding hydrogens is 396 g/mol. The van der Waals surface area contributed by atoms with Crippen LogP contribution in [0.3, 0.4) is 0 Å². The Morgan fingerprint density at radius 3 is 2.79 bits per heavy atom. The molecule has 1 aliphatic rings. The van der Waals surface area contributed by atoms with E-state index >= 15 is 0 Å². The van der Waals surface area contributed by atoms with Crippen molar-refractivity contribution in [2.45, 2.75) is 6.92 Å². The first-order valence-electron chi connectivity index (χ1n) is 8.60. The van der Waals surface area contributed by atoms with E-state index in [4.69, 9.17) is 4.42 Å². The van der Waals surface area contributed by atoms with Gasteiger partial charge in [-0.2, -0.15) is 0 Å². The minimum atomic E-state index is -0.366. The fourth-order valence-corrected chi connectivity index (χ4v) is 4.54. The number of benzene rings is 1. The zero-order valence-corrected chi connectivity index (χ0v) is 16.6. The number of thioether (sulfide) groups is 1. The van der Waals surface area contributed by atoms with Crippen molar-refractivity contribution in [2.24, 2.45) is 0 Å². The zero-order chi connectivity index (χ0) is 19.7. The molecule has 1 aliphatic heterocycles. The molecular formula is C20H16N2O4S2. The number of para-hydroxylation sites is 1. The maximum absolute atomic E-state index is 12.4. The van der Waals surface area contributed by atoms with E-state index < -0.39 is 0 Å². The average Bonchev–Trinajstić information content (AvgIpc) is 3.38. The van der Waals surface area contributed by atoms with Crippen molar-refractivity contribution >= 4 is 57.2 Å². The van der Waals surface area contributed by atoms with Gasteiger partial charge in [-0.3, -0.25) is 19.3 Å². The van der Waals surface area contributed by atoms with Crippen LogP contribution in [-0.2, 0) is 4.79 Å². The Hall–Kier alpha value is -2.84. The first-order valence-corrected chi connectivity index (χ1v) is 10.3. The number of carbonyl (C=O) groups is 3. The molecule has 3 aromatic rings. The molecule has 6 nitrogen and oxygen atoms in total. The maximum atomic E-state index is 12.4. The second-order valence-electron chi connectivity index (χ2n) is 6.16. The van der Waals surface area contributed by atoms with Crippen LogP contribution < -0.4 is 5.32 Å². The summed E-state index contributed by atoms with van der Waals surface area (Å²) in [5, 5.41) is 5.19. The molecule has 0 spiro atoms. The van der Waals surface area contributed by atoms with Gasteiger partial charge in [0.15, 0.2) is 5.76 Å². The molecule has 1 saturated heterocycles. The van der Waals surface area contributed by atoms with E-state index in [0.29, 0.717) is 10.5 Å². The van der Waals surface area contributed by atoms with Crippen molar-refractivity contribution in [3.05, 3.63) is 62.9 Å². The van der Waals surface area contributed by atoms with E-state index in [9.17, 15) is 14.4 Å². The third-order valence-electron chi connectivity index (χ3n) is 4.36. The van der Waals surface area contributed by atoms with Gasteiger partial charge in [0.05, 0.1) is 4.91 Å². The predicted octanol–water partition coefficient (Wildman–Crippen LogP) is 4.27. The lowest BCUT2D eigenvalue weighted by Gasteiger charge is -2.12. The molecule has 3 amide bonds. The Bertz CT molecular complexity index is 1100. The fourth-order valence-electron chi connectivity index (χ4n) is 2.95. The van der Waals surface area contributed by atoms with Gasteiger partial charge >= 0.3 is 0 Å². The van der Waals surface area contributed by atoms with Crippen molar-refractivity contribution in [3.8, 4) is 0 Å². The number of hydrogen-bond donors (Lipinski definition) is 1. The molecule has 3 heterocycles. The van der Waals surface area contributed by atoms with Gasteiger partial charge in [0, 0.05) is 28.9 Å². The van der Waals surface area contributed by atoms with Crippen molar-refractivity contribution in [3.63, 3.8) is 0 Å². The van der Waals surface area contributed by atoms with Gasteiger partial charge in [0.1, 0.15) is 5.58 Å². The van der Waals surface area contributed by atoms with Crippen LogP contribution in [0.4, 0.5) is 4.79 Å². The second kappa shape index (κ2) is 7.65. The number of aryl methyl sites for hydroxylation is 1. The van der Waals surface area contributed by atoms with Crippen molar-refractivity contribution in [1.29, 1.82) is 0 Å². The molecule has 4 rings (SSSR count). The lowest BCUT2D eigenvalue weighted by Crippen LogP contribution is -2.37. The standard InChI is InChI=1S/C20H16N2O4S2/c1-12-14-6-2-3-7-15(14)26-17(12)18(23)21-8-9-22-19(24)16(28-20(22)25)11-13-5-4-10-27-13/h2-7,10-11H,8-9H2,1H3,(H,21,23)/b16-11+. The Morgan fingerprint density at radius 2 is 2.04 bits per heavy atom. The lowest BCUT2D eigenvalue weighted by atomic mass is 10.1. The molecule has 28 heavy (non-hydrogen) atoms. The van der Waals surface area contributed by atoms with E-state index in [1.807, 2.05) is 42.6 Å². The number of amides is 3. The van der Waals surface area contributed by atoms with Crippen LogP contribution >= 0.6 is 23.1 Å². The molecule has 0 bridgehead atoms. The molecule has 0 unspecified atom stereocenters. The number of carbonyl (C=O) groups excluding carboxylic acids is 3. The first-order chi connectivity index (χ1) is 13.5. The summed E-state index contributed by atoms with van der Waals surface area (Å²) in [7, 11) is 0. The van der Waals surface area contributed by atoms with Crippen LogP contribution in [0, 0.1) is 6.92 Å². The van der Waals surface area contributed by atoms with E-state index in [1.54, 1.807) is 12.1 Å². The van der Waals surface area contributed by atoms with Crippen LogP contribution in [0.5, 0.6) is 0 Å². The molecule has 0 aliphatic carbocycles. The molecule has 2 aromatic heterocycles. The summed E-state index contributed by atoms with van der Waals surface area (Å²) >= 11 is 2.41. The van der Waals surface area contributed by atoms with Gasteiger partial charge < -0.3 is 9.73 Å². The largest absolute Gasteiger partial charge is 0.451 e. The van der Waals surface area contributed by atoms with Crippen LogP contribution in [0.2, 0.25) is 0 Å². The smallest absolute Gasteiger partial charge is 0.293 e. The highest BCUT2D eigenvalue weighted by atomic mass is 32.2. The molecule has 1 fully saturated rings. The molecule has 1 N–H and O–H groups in total. The molecule has 0 saturated carbocycles. The topological polar surface area (TPSA) is 79.6 Å². The SMILES string of the molecule is Cc1c(C(=O)NCCN2C(=O)S/C(=C/c3cccs3)C2=O)oc2ccccc12. The number of thiophene rings is 1. The highest BCUT2D eigenvalue weighted by Gasteiger charge is 2.34. The van der Waals surface area contributed by atoms with Gasteiger partial charge in [-0.1, -0.05) is 24.3 Å². The zero-order valence-electron chi connectivity index (χ0n) is 14.9. The Kier molecular flexibility index (Phi) is 5.06. The summed E-state index contributed by atoms with van der Waals surface area (Å²) in [4.78, 5) is 39.5. The molecule has 1 aromatic carbocycles. The fraction of sp³-hybridized carbons (Fsp3) is 0.150. The van der Waals surface area contributed by atoms with Gasteiger partial charge in [0.25, 0.3) is 17.1 Å². The summed E-state index contributed by atoms with van der Waals surface area (Å²) in [6.07, 6.45) is 1.71. The Labute approximate surface area is 169 Å². The monoisotopic (exact) mass is 412 g/mol. The number of imide groups is 1. The van der Waals surface area contributed by atoms with Gasteiger partial charge in [0.2, 0.25) is 0 Å². The van der Waals surface area contributed by atoms with Gasteiger partial charge in [-0.15, -0.1) is 11.3 Å². The number of hydrogen-bond acceptors (Lipinski definition) is 6. The summed E-state index contributed by atoms with van der Waals surface area (Å²) in [5.41, 5.74) is 1.41. The first kappa shape index (κ1) is 18.5. The highest BCUT2D eigenvalue weighted by molar-refractivity contribution is 8.18. The Morgan fingerprint density at radius 1 is 1.21 bits per heavy atom. The van der Waals surface area contributed by atoms with E-state index in [2.05, 4.69) is 5.32 Å². The van der Waals surface area contributed by atoms with Crippen molar-refractivity contribution in [1.82, 2.24) is 10.2 Å². The number of rotatable bonds is 5. The van der Waals surface area contributed by atoms with Crippen molar-refractivity contribution in [2.75, 3.05) is 13.1 Å². The van der Waals surface area contributed by atoms with Crippen LogP contribution in [-0.4, -0.2) is 35.0 Å². The lowest BCUT2D eigenvalue weighted by molar-refractivity contribution is -0.122. The van der Waals surface area contributed by atoms with Gasteiger partial charge in [-0.05, 0) is 42.3 Å². The molecule has 0 radical (unpaired) electrons. The molecule has 8 heteroatoms. The minimum Gasteiger partial charge on any atom is -0.451 e. The number of fused-ring (bicyclic) bond motifs is 1. The number of nitrogens with one attached hydrogen (secondary N) is 1. The maximum Gasteiger partial charge on any atom is 0.293 e. The van der Waals surface area contributed by atoms with Gasteiger partial charge in [-0.25, -0.2) is 0 Å². The van der Waals surface area contributed by atoms with E-state index in [-0.39, 0.29) is 35.9 Å². The van der Waals surface area contributed by atoms with Crippen LogP contribution in [0.15, 0.2) is 51.1 Å². The molecule has 0 atom stereocenters. The van der Waals surface area contributed by atoms with E-state index in [0.717, 1.165) is 32.5 Å². The van der Waals surface area contributed by atoms with Crippen LogP contribution in [0.1, 0.15) is 21.0 Å². The third kappa shape index (κ3) is 3.48. The minimum absolute atomic E-state index is 0.109. The molecule has 142 valence electrons. The second-order valence-corrected chi connectivity index (χ2v) is 8.13. The summed E-state index contributed by atoms with van der Waals surface area (Å²) in [6, 6.07) is 11.2. The van der Waals surface area contributed by atoms with E-state index in [1.165, 1.54) is 11.3 Å². The summed E-state index contributed by atoms with van der Waals surface area (Å²) in [6.45, 7) is 2.09. The number of nitrogens with zero attached hydrogens (tertiary/aromatic N) is 1. The third-order valence-corrected chi connectivity index (χ3v) is 6.09. The summed E-state index contributed by atoms with van der Waals surface area (Å²) in [5.74, 6) is -0.458. The highest BCUT2D eigenvalue weighted by Crippen LogP contribution is 2.32.